The second kappa shape index (κ2) is 6.30. The summed E-state index contributed by atoms with van der Waals surface area (Å²) in [7, 11) is 0. The van der Waals surface area contributed by atoms with Crippen LogP contribution in [0.2, 0.25) is 0 Å². The first-order valence-corrected chi connectivity index (χ1v) is 11.2. The highest BCUT2D eigenvalue weighted by Crippen LogP contribution is 2.69. The first kappa shape index (κ1) is 19.7. The van der Waals surface area contributed by atoms with Gasteiger partial charge in [0.05, 0.1) is 23.2 Å². The highest BCUT2D eigenvalue weighted by Gasteiger charge is 2.70. The number of nitrogens with two attached hydrogens (primary N) is 2. The molecule has 3 aliphatic rings. The van der Waals surface area contributed by atoms with Gasteiger partial charge in [-0.1, -0.05) is 12.1 Å². The van der Waals surface area contributed by atoms with Gasteiger partial charge in [0.1, 0.15) is 29.7 Å². The van der Waals surface area contributed by atoms with Crippen molar-refractivity contribution in [3.05, 3.63) is 47.9 Å². The number of nitrogen functional groups attached to an aromatic ring is 1. The molecule has 3 aromatic rings. The van der Waals surface area contributed by atoms with Crippen molar-refractivity contribution >= 4 is 28.4 Å². The Bertz CT molecular complexity index is 1280. The number of amidine groups is 1. The van der Waals surface area contributed by atoms with E-state index in [-0.39, 0.29) is 22.8 Å². The lowest BCUT2D eigenvalue weighted by molar-refractivity contribution is -0.0191. The molecule has 8 heteroatoms. The molecule has 0 bridgehead atoms. The van der Waals surface area contributed by atoms with Crippen LogP contribution in [0.3, 0.4) is 0 Å². The summed E-state index contributed by atoms with van der Waals surface area (Å²) in [6, 6.07) is 8.03. The summed E-state index contributed by atoms with van der Waals surface area (Å²) in [6.45, 7) is 4.18. The van der Waals surface area contributed by atoms with Crippen LogP contribution in [0.5, 0.6) is 0 Å². The van der Waals surface area contributed by atoms with E-state index < -0.39 is 12.2 Å². The number of aliphatic hydroxyl groups excluding tert-OH is 2. The molecule has 0 radical (unpaired) electrons. The fourth-order valence-corrected chi connectivity index (χ4v) is 6.08. The number of fused-ring (bicyclic) bond motifs is 3. The fourth-order valence-electron chi connectivity index (χ4n) is 6.08. The van der Waals surface area contributed by atoms with E-state index in [1.54, 1.807) is 0 Å². The van der Waals surface area contributed by atoms with Gasteiger partial charge in [-0.3, -0.25) is 0 Å². The normalized spacial score (nSPS) is 32.1. The summed E-state index contributed by atoms with van der Waals surface area (Å²) in [5.41, 5.74) is 15.6. The second-order valence-corrected chi connectivity index (χ2v) is 10.2. The van der Waals surface area contributed by atoms with Gasteiger partial charge >= 0.3 is 0 Å². The van der Waals surface area contributed by atoms with Crippen LogP contribution in [0.15, 0.2) is 41.8 Å². The van der Waals surface area contributed by atoms with E-state index in [1.807, 2.05) is 16.8 Å². The van der Waals surface area contributed by atoms with Crippen molar-refractivity contribution in [1.82, 2.24) is 14.5 Å². The minimum atomic E-state index is -0.842. The SMILES string of the molecule is CC1(C)C(N)=Nc2cc(CCC34CC3C(n3ccc5c(N)ncnc53)C(O)C4O)ccc21. The Kier molecular flexibility index (Phi) is 3.88. The van der Waals surface area contributed by atoms with Crippen LogP contribution in [0.1, 0.15) is 43.9 Å². The molecule has 3 heterocycles. The smallest absolute Gasteiger partial charge is 0.145 e. The zero-order valence-electron chi connectivity index (χ0n) is 18.2. The van der Waals surface area contributed by atoms with Gasteiger partial charge in [0.15, 0.2) is 0 Å². The third-order valence-corrected chi connectivity index (χ3v) is 8.21. The van der Waals surface area contributed by atoms with E-state index >= 15 is 0 Å². The van der Waals surface area contributed by atoms with Crippen LogP contribution in [0, 0.1) is 11.3 Å². The number of aliphatic hydroxyl groups is 2. The van der Waals surface area contributed by atoms with E-state index in [4.69, 9.17) is 11.5 Å². The van der Waals surface area contributed by atoms with Gasteiger partial charge in [0, 0.05) is 17.0 Å². The molecule has 0 amide bonds. The Balaban J connectivity index is 1.25. The number of aliphatic imine (C=N–C) groups is 1. The zero-order chi connectivity index (χ0) is 22.4. The van der Waals surface area contributed by atoms with Crippen LogP contribution >= 0.6 is 0 Å². The summed E-state index contributed by atoms with van der Waals surface area (Å²) in [6.07, 6.45) is 4.24. The number of hydrogen-bond acceptors (Lipinski definition) is 7. The lowest BCUT2D eigenvalue weighted by atomic mass is 9.84. The largest absolute Gasteiger partial charge is 0.390 e. The van der Waals surface area contributed by atoms with Crippen LogP contribution in [-0.2, 0) is 11.8 Å². The molecule has 0 saturated heterocycles. The van der Waals surface area contributed by atoms with Crippen LogP contribution in [0.25, 0.3) is 11.0 Å². The molecule has 2 aliphatic carbocycles. The number of aryl methyl sites for hydroxylation is 1. The van der Waals surface area contributed by atoms with E-state index in [1.165, 1.54) is 11.9 Å². The average Bonchev–Trinajstić information content (AvgIpc) is 3.15. The highest BCUT2D eigenvalue weighted by molar-refractivity contribution is 5.98. The molecular formula is C24H28N6O2. The van der Waals surface area contributed by atoms with Crippen molar-refractivity contribution in [3.8, 4) is 0 Å². The minimum Gasteiger partial charge on any atom is -0.390 e. The number of anilines is 1. The topological polar surface area (TPSA) is 136 Å². The number of benzene rings is 1. The third-order valence-electron chi connectivity index (χ3n) is 8.21. The molecule has 5 atom stereocenters. The predicted octanol–water partition coefficient (Wildman–Crippen LogP) is 2.21. The average molecular weight is 433 g/mol. The molecule has 2 aromatic heterocycles. The van der Waals surface area contributed by atoms with Gasteiger partial charge in [-0.2, -0.15) is 0 Å². The van der Waals surface area contributed by atoms with Gasteiger partial charge in [-0.05, 0) is 62.3 Å². The summed E-state index contributed by atoms with van der Waals surface area (Å²) in [5, 5.41) is 22.8. The van der Waals surface area contributed by atoms with Crippen molar-refractivity contribution < 1.29 is 10.2 Å². The quantitative estimate of drug-likeness (QED) is 0.499. The number of rotatable bonds is 4. The van der Waals surface area contributed by atoms with Crippen molar-refractivity contribution in [2.45, 2.75) is 56.8 Å². The van der Waals surface area contributed by atoms with Crippen molar-refractivity contribution in [3.63, 3.8) is 0 Å². The molecule has 32 heavy (non-hydrogen) atoms. The number of aromatic nitrogens is 3. The Hall–Kier alpha value is -2.97. The zero-order valence-corrected chi connectivity index (χ0v) is 18.2. The van der Waals surface area contributed by atoms with Crippen LogP contribution in [0.4, 0.5) is 11.5 Å². The van der Waals surface area contributed by atoms with Crippen molar-refractivity contribution in [1.29, 1.82) is 0 Å². The summed E-state index contributed by atoms with van der Waals surface area (Å²) >= 11 is 0. The molecule has 6 N–H and O–H groups in total. The molecular weight excluding hydrogens is 404 g/mol. The van der Waals surface area contributed by atoms with Gasteiger partial charge in [0.25, 0.3) is 0 Å². The van der Waals surface area contributed by atoms with Crippen LogP contribution < -0.4 is 11.5 Å². The molecule has 1 aliphatic heterocycles. The molecule has 6 rings (SSSR count). The fraction of sp³-hybridized carbons (Fsp3) is 0.458. The van der Waals surface area contributed by atoms with Gasteiger partial charge in [-0.15, -0.1) is 0 Å². The maximum atomic E-state index is 11.0. The van der Waals surface area contributed by atoms with Gasteiger partial charge < -0.3 is 26.2 Å². The molecule has 1 aromatic carbocycles. The molecule has 2 fully saturated rings. The van der Waals surface area contributed by atoms with E-state index in [0.29, 0.717) is 17.3 Å². The summed E-state index contributed by atoms with van der Waals surface area (Å²) in [5.74, 6) is 1.26. The molecule has 166 valence electrons. The molecule has 2 saturated carbocycles. The molecule has 8 nitrogen and oxygen atoms in total. The molecule has 5 unspecified atom stereocenters. The van der Waals surface area contributed by atoms with E-state index in [9.17, 15) is 10.2 Å². The first-order valence-electron chi connectivity index (χ1n) is 11.2. The maximum absolute atomic E-state index is 11.0. The van der Waals surface area contributed by atoms with Crippen molar-refractivity contribution in [2.75, 3.05) is 5.73 Å². The standard InChI is InChI=1S/C24H28N6O2/c1-23(2)14-4-3-12(9-16(14)29-22(23)26)5-7-24-10-15(24)17(18(31)19(24)32)30-8-6-13-20(25)27-11-28-21(13)30/h3-4,6,8-9,11,15,17-19,31-32H,5,7,10H2,1-2H3,(H2,26,29)(H2,25,27,28). The lowest BCUT2D eigenvalue weighted by Crippen LogP contribution is -2.34. The monoisotopic (exact) mass is 432 g/mol. The van der Waals surface area contributed by atoms with Crippen molar-refractivity contribution in [2.24, 2.45) is 22.1 Å². The minimum absolute atomic E-state index is 0.196. The van der Waals surface area contributed by atoms with Crippen LogP contribution in [-0.4, -0.2) is 42.8 Å². The van der Waals surface area contributed by atoms with Gasteiger partial charge in [-0.25, -0.2) is 15.0 Å². The second-order valence-electron chi connectivity index (χ2n) is 10.2. The molecule has 0 spiro atoms. The highest BCUT2D eigenvalue weighted by atomic mass is 16.3. The van der Waals surface area contributed by atoms with E-state index in [2.05, 4.69) is 47.0 Å². The number of hydrogen-bond donors (Lipinski definition) is 4. The Morgan fingerprint density at radius 2 is 1.97 bits per heavy atom. The maximum Gasteiger partial charge on any atom is 0.145 e. The predicted molar refractivity (Wildman–Crippen MR) is 123 cm³/mol. The lowest BCUT2D eigenvalue weighted by Gasteiger charge is -2.24. The first-order chi connectivity index (χ1) is 15.2. The third kappa shape index (κ3) is 2.47. The summed E-state index contributed by atoms with van der Waals surface area (Å²) < 4.78 is 1.97. The number of nitrogens with zero attached hydrogens (tertiary/aromatic N) is 4. The Morgan fingerprint density at radius 3 is 2.78 bits per heavy atom. The summed E-state index contributed by atoms with van der Waals surface area (Å²) in [4.78, 5) is 13.0. The Labute approximate surface area is 186 Å². The van der Waals surface area contributed by atoms with Gasteiger partial charge in [0.2, 0.25) is 0 Å². The Morgan fingerprint density at radius 1 is 1.16 bits per heavy atom. The van der Waals surface area contributed by atoms with E-state index in [0.717, 1.165) is 35.9 Å².